The molecule has 1 heterocycles. The second-order valence-electron chi connectivity index (χ2n) is 4.30. The molecule has 0 aliphatic carbocycles. The third-order valence-corrected chi connectivity index (χ3v) is 5.15. The number of halogens is 1. The van der Waals surface area contributed by atoms with Crippen LogP contribution in [0.2, 0.25) is 0 Å². The molecule has 3 rings (SSSR count). The molecule has 0 atom stereocenters. The van der Waals surface area contributed by atoms with Gasteiger partial charge in [-0.05, 0) is 40.2 Å². The van der Waals surface area contributed by atoms with Crippen molar-refractivity contribution in [2.45, 2.75) is 4.90 Å². The molecule has 4 nitrogen and oxygen atoms in total. The van der Waals surface area contributed by atoms with E-state index in [1.165, 1.54) is 6.07 Å². The Morgan fingerprint density at radius 3 is 2.52 bits per heavy atom. The number of benzene rings is 2. The number of hydrogen-bond donors (Lipinski definition) is 0. The number of pyridine rings is 1. The average molecular weight is 364 g/mol. The fraction of sp³-hybridized carbons (Fsp3) is 0. The first-order chi connectivity index (χ1) is 10.1. The fourth-order valence-electron chi connectivity index (χ4n) is 1.95. The van der Waals surface area contributed by atoms with Crippen LogP contribution in [0.5, 0.6) is 5.75 Å². The summed E-state index contributed by atoms with van der Waals surface area (Å²) in [7, 11) is -3.92. The third-order valence-electron chi connectivity index (χ3n) is 2.90. The molecule has 0 spiro atoms. The fourth-order valence-corrected chi connectivity index (χ4v) is 3.85. The van der Waals surface area contributed by atoms with Crippen LogP contribution >= 0.6 is 15.9 Å². The van der Waals surface area contributed by atoms with Gasteiger partial charge < -0.3 is 4.18 Å². The van der Waals surface area contributed by atoms with Crippen molar-refractivity contribution in [3.63, 3.8) is 0 Å². The van der Waals surface area contributed by atoms with Crippen molar-refractivity contribution < 1.29 is 12.6 Å². The van der Waals surface area contributed by atoms with E-state index >= 15 is 0 Å². The first-order valence-corrected chi connectivity index (χ1v) is 8.31. The van der Waals surface area contributed by atoms with Gasteiger partial charge in [0.1, 0.15) is 10.4 Å². The van der Waals surface area contributed by atoms with Crippen molar-refractivity contribution in [2.24, 2.45) is 0 Å². The summed E-state index contributed by atoms with van der Waals surface area (Å²) in [5.41, 5.74) is 0.510. The maximum Gasteiger partial charge on any atom is 0.340 e. The first-order valence-electron chi connectivity index (χ1n) is 6.11. The molecule has 2 aromatic carbocycles. The molecule has 0 saturated heterocycles. The maximum atomic E-state index is 12.4. The van der Waals surface area contributed by atoms with Crippen LogP contribution in [-0.4, -0.2) is 13.4 Å². The van der Waals surface area contributed by atoms with Crippen LogP contribution in [0.25, 0.3) is 10.9 Å². The van der Waals surface area contributed by atoms with Crippen LogP contribution in [0.15, 0.2) is 70.2 Å². The van der Waals surface area contributed by atoms with E-state index in [0.717, 1.165) is 5.39 Å². The van der Waals surface area contributed by atoms with Crippen molar-refractivity contribution in [3.05, 3.63) is 65.3 Å². The number of rotatable bonds is 3. The van der Waals surface area contributed by atoms with Crippen LogP contribution in [0, 0.1) is 0 Å². The predicted octanol–water partition coefficient (Wildman–Crippen LogP) is 3.77. The van der Waals surface area contributed by atoms with E-state index < -0.39 is 10.1 Å². The van der Waals surface area contributed by atoms with E-state index in [9.17, 15) is 8.42 Å². The zero-order valence-electron chi connectivity index (χ0n) is 10.7. The van der Waals surface area contributed by atoms with Gasteiger partial charge in [0.25, 0.3) is 0 Å². The van der Waals surface area contributed by atoms with E-state index in [2.05, 4.69) is 20.9 Å². The molecule has 106 valence electrons. The highest BCUT2D eigenvalue weighted by Crippen LogP contribution is 2.28. The molecule has 0 aliphatic heterocycles. The molecular weight excluding hydrogens is 354 g/mol. The molecule has 0 aliphatic rings. The second kappa shape index (κ2) is 5.46. The molecule has 0 amide bonds. The lowest BCUT2D eigenvalue weighted by Gasteiger charge is -2.10. The zero-order chi connectivity index (χ0) is 14.9. The highest BCUT2D eigenvalue weighted by atomic mass is 79.9. The van der Waals surface area contributed by atoms with Gasteiger partial charge in [-0.3, -0.25) is 4.98 Å². The van der Waals surface area contributed by atoms with Crippen molar-refractivity contribution in [2.75, 3.05) is 0 Å². The number of aromatic nitrogens is 1. The van der Waals surface area contributed by atoms with Gasteiger partial charge >= 0.3 is 10.1 Å². The maximum absolute atomic E-state index is 12.4. The summed E-state index contributed by atoms with van der Waals surface area (Å²) < 4.78 is 30.5. The molecule has 0 N–H and O–H groups in total. The highest BCUT2D eigenvalue weighted by Gasteiger charge is 2.20. The monoisotopic (exact) mass is 363 g/mol. The smallest absolute Gasteiger partial charge is 0.340 e. The van der Waals surface area contributed by atoms with Gasteiger partial charge in [-0.25, -0.2) is 0 Å². The van der Waals surface area contributed by atoms with Crippen LogP contribution in [0.1, 0.15) is 0 Å². The van der Waals surface area contributed by atoms with Crippen molar-refractivity contribution in [1.29, 1.82) is 0 Å². The molecule has 0 radical (unpaired) electrons. The van der Waals surface area contributed by atoms with E-state index in [0.29, 0.717) is 9.99 Å². The summed E-state index contributed by atoms with van der Waals surface area (Å²) in [5, 5.41) is 0.817. The van der Waals surface area contributed by atoms with Gasteiger partial charge in [-0.2, -0.15) is 8.42 Å². The summed E-state index contributed by atoms with van der Waals surface area (Å²) in [6, 6.07) is 15.3. The Hall–Kier alpha value is -1.92. The Labute approximate surface area is 130 Å². The molecule has 21 heavy (non-hydrogen) atoms. The highest BCUT2D eigenvalue weighted by molar-refractivity contribution is 9.10. The quantitative estimate of drug-likeness (QED) is 0.664. The standard InChI is InChI=1S/C15H10BrNO3S/c16-12-7-1-2-9-14(12)21(18,19)20-13-8-3-5-11-6-4-10-17-15(11)13/h1-10H. The van der Waals surface area contributed by atoms with E-state index in [1.807, 2.05) is 12.1 Å². The lowest BCUT2D eigenvalue weighted by molar-refractivity contribution is 0.487. The van der Waals surface area contributed by atoms with Crippen molar-refractivity contribution in [3.8, 4) is 5.75 Å². The van der Waals surface area contributed by atoms with E-state index in [1.54, 1.807) is 42.6 Å². The Morgan fingerprint density at radius 1 is 0.952 bits per heavy atom. The predicted molar refractivity (Wildman–Crippen MR) is 83.7 cm³/mol. The largest absolute Gasteiger partial charge is 0.377 e. The summed E-state index contributed by atoms with van der Waals surface area (Å²) in [5.74, 6) is 0.212. The summed E-state index contributed by atoms with van der Waals surface area (Å²) in [6.07, 6.45) is 1.60. The van der Waals surface area contributed by atoms with Gasteiger partial charge in [-0.15, -0.1) is 0 Å². The SMILES string of the molecule is O=S(=O)(Oc1cccc2cccnc12)c1ccccc1Br. The molecule has 6 heteroatoms. The number of para-hydroxylation sites is 1. The Balaban J connectivity index is 2.08. The van der Waals surface area contributed by atoms with Crippen LogP contribution in [-0.2, 0) is 10.1 Å². The normalized spacial score (nSPS) is 11.5. The lowest BCUT2D eigenvalue weighted by Crippen LogP contribution is -2.10. The summed E-state index contributed by atoms with van der Waals surface area (Å²) in [6.45, 7) is 0. The molecule has 3 aromatic rings. The average Bonchev–Trinajstić information content (AvgIpc) is 2.47. The second-order valence-corrected chi connectivity index (χ2v) is 6.67. The minimum Gasteiger partial charge on any atom is -0.377 e. The molecule has 0 bridgehead atoms. The minimum atomic E-state index is -3.92. The van der Waals surface area contributed by atoms with Gasteiger partial charge in [-0.1, -0.05) is 30.3 Å². The number of fused-ring (bicyclic) bond motifs is 1. The molecule has 0 unspecified atom stereocenters. The van der Waals surface area contributed by atoms with Gasteiger partial charge in [0.15, 0.2) is 5.75 Å². The molecular formula is C15H10BrNO3S. The number of hydrogen-bond acceptors (Lipinski definition) is 4. The van der Waals surface area contributed by atoms with Gasteiger partial charge in [0.2, 0.25) is 0 Å². The van der Waals surface area contributed by atoms with E-state index in [4.69, 9.17) is 4.18 Å². The van der Waals surface area contributed by atoms with Crippen LogP contribution in [0.4, 0.5) is 0 Å². The lowest BCUT2D eigenvalue weighted by atomic mass is 10.2. The molecule has 0 fully saturated rings. The third kappa shape index (κ3) is 2.77. The summed E-state index contributed by atoms with van der Waals surface area (Å²) in [4.78, 5) is 4.26. The Bertz CT molecular complexity index is 904. The Morgan fingerprint density at radius 2 is 1.71 bits per heavy atom. The van der Waals surface area contributed by atoms with Crippen molar-refractivity contribution in [1.82, 2.24) is 4.98 Å². The minimum absolute atomic E-state index is 0.0814. The topological polar surface area (TPSA) is 56.3 Å². The van der Waals surface area contributed by atoms with Crippen LogP contribution in [0.3, 0.4) is 0 Å². The zero-order valence-corrected chi connectivity index (χ0v) is 13.1. The van der Waals surface area contributed by atoms with Crippen LogP contribution < -0.4 is 4.18 Å². The molecule has 0 saturated carbocycles. The summed E-state index contributed by atoms with van der Waals surface area (Å²) >= 11 is 3.22. The molecule has 1 aromatic heterocycles. The van der Waals surface area contributed by atoms with E-state index in [-0.39, 0.29) is 10.6 Å². The Kier molecular flexibility index (Phi) is 3.65. The van der Waals surface area contributed by atoms with Gasteiger partial charge in [0.05, 0.1) is 0 Å². The number of nitrogens with zero attached hydrogens (tertiary/aromatic N) is 1. The first kappa shape index (κ1) is 14.0. The van der Waals surface area contributed by atoms with Crippen molar-refractivity contribution >= 4 is 37.0 Å². The van der Waals surface area contributed by atoms with Gasteiger partial charge in [0, 0.05) is 16.1 Å².